The van der Waals surface area contributed by atoms with Crippen molar-refractivity contribution < 1.29 is 4.74 Å². The van der Waals surface area contributed by atoms with E-state index in [1.165, 1.54) is 0 Å². The highest BCUT2D eigenvalue weighted by Crippen LogP contribution is 2.11. The number of nitrogens with one attached hydrogen (secondary N) is 1. The molecule has 5 heteroatoms. The maximum atomic E-state index is 5.15. The maximum Gasteiger partial charge on any atom is 0.151 e. The van der Waals surface area contributed by atoms with E-state index in [9.17, 15) is 0 Å². The number of hydrogen-bond acceptors (Lipinski definition) is 5. The van der Waals surface area contributed by atoms with Crippen LogP contribution in [0.1, 0.15) is 26.5 Å². The Morgan fingerprint density at radius 2 is 2.00 bits per heavy atom. The molecule has 0 fully saturated rings. The average Bonchev–Trinajstić information content (AvgIpc) is 2.38. The number of methoxy groups -OCH3 is 1. The number of nitrogens with zero attached hydrogens (tertiary/aromatic N) is 3. The lowest BCUT2D eigenvalue weighted by atomic mass is 10.2. The summed E-state index contributed by atoms with van der Waals surface area (Å²) < 4.78 is 5.15. The Hall–Kier alpha value is -1.20. The summed E-state index contributed by atoms with van der Waals surface area (Å²) in [6.45, 7) is 8.91. The minimum Gasteiger partial charge on any atom is -0.383 e. The fraction of sp³-hybridized carbons (Fsp3) is 0.714. The van der Waals surface area contributed by atoms with E-state index < -0.39 is 0 Å². The van der Waals surface area contributed by atoms with Crippen molar-refractivity contribution in [3.8, 4) is 0 Å². The van der Waals surface area contributed by atoms with Gasteiger partial charge in [0.15, 0.2) is 5.82 Å². The molecular weight excluding hydrogens is 240 g/mol. The summed E-state index contributed by atoms with van der Waals surface area (Å²) in [5, 5.41) is 11.9. The third-order valence-corrected chi connectivity index (χ3v) is 2.99. The van der Waals surface area contributed by atoms with Crippen LogP contribution in [0.25, 0.3) is 0 Å². The van der Waals surface area contributed by atoms with Crippen LogP contribution >= 0.6 is 0 Å². The molecule has 19 heavy (non-hydrogen) atoms. The lowest BCUT2D eigenvalue weighted by Crippen LogP contribution is -2.33. The third-order valence-electron chi connectivity index (χ3n) is 2.99. The SMILES string of the molecule is COCC(C)N(C)c1ccc(CNCC(C)C)nn1. The van der Waals surface area contributed by atoms with Gasteiger partial charge in [0.05, 0.1) is 18.3 Å². The van der Waals surface area contributed by atoms with Crippen LogP contribution in [0.2, 0.25) is 0 Å². The van der Waals surface area contributed by atoms with Gasteiger partial charge >= 0.3 is 0 Å². The van der Waals surface area contributed by atoms with Gasteiger partial charge in [-0.3, -0.25) is 0 Å². The molecule has 1 aromatic rings. The van der Waals surface area contributed by atoms with Crippen LogP contribution in [0.5, 0.6) is 0 Å². The Balaban J connectivity index is 2.51. The zero-order chi connectivity index (χ0) is 14.3. The van der Waals surface area contributed by atoms with Gasteiger partial charge in [-0.25, -0.2) is 0 Å². The van der Waals surface area contributed by atoms with Crippen molar-refractivity contribution >= 4 is 5.82 Å². The third kappa shape index (κ3) is 5.53. The first kappa shape index (κ1) is 15.9. The van der Waals surface area contributed by atoms with E-state index in [0.29, 0.717) is 12.5 Å². The zero-order valence-electron chi connectivity index (χ0n) is 12.7. The van der Waals surface area contributed by atoms with E-state index in [4.69, 9.17) is 4.74 Å². The topological polar surface area (TPSA) is 50.3 Å². The molecule has 5 nitrogen and oxygen atoms in total. The van der Waals surface area contributed by atoms with Gasteiger partial charge in [-0.1, -0.05) is 13.8 Å². The van der Waals surface area contributed by atoms with Crippen molar-refractivity contribution in [2.45, 2.75) is 33.4 Å². The summed E-state index contributed by atoms with van der Waals surface area (Å²) in [6.07, 6.45) is 0. The molecule has 0 spiro atoms. The van der Waals surface area contributed by atoms with Crippen molar-refractivity contribution in [1.29, 1.82) is 0 Å². The second-order valence-electron chi connectivity index (χ2n) is 5.32. The summed E-state index contributed by atoms with van der Waals surface area (Å²) in [6, 6.07) is 4.31. The number of likely N-dealkylation sites (N-methyl/N-ethyl adjacent to an activating group) is 1. The molecule has 1 atom stereocenters. The minimum atomic E-state index is 0.282. The van der Waals surface area contributed by atoms with Crippen LogP contribution in [0.15, 0.2) is 12.1 Å². The lowest BCUT2D eigenvalue weighted by molar-refractivity contribution is 0.183. The van der Waals surface area contributed by atoms with E-state index >= 15 is 0 Å². The summed E-state index contributed by atoms with van der Waals surface area (Å²) in [7, 11) is 3.71. The van der Waals surface area contributed by atoms with E-state index in [0.717, 1.165) is 24.6 Å². The molecule has 0 bridgehead atoms. The van der Waals surface area contributed by atoms with Crippen LogP contribution < -0.4 is 10.2 Å². The predicted octanol–water partition coefficient (Wildman–Crippen LogP) is 1.69. The smallest absolute Gasteiger partial charge is 0.151 e. The molecule has 0 aliphatic carbocycles. The first-order valence-corrected chi connectivity index (χ1v) is 6.79. The number of hydrogen-bond donors (Lipinski definition) is 1. The molecule has 1 rings (SSSR count). The van der Waals surface area contributed by atoms with Gasteiger partial charge in [-0.15, -0.1) is 5.10 Å². The van der Waals surface area contributed by atoms with Gasteiger partial charge in [0.1, 0.15) is 0 Å². The van der Waals surface area contributed by atoms with E-state index in [2.05, 4.69) is 41.2 Å². The fourth-order valence-corrected chi connectivity index (χ4v) is 1.70. The Kier molecular flexibility index (Phi) is 6.73. The molecule has 0 aromatic carbocycles. The van der Waals surface area contributed by atoms with Crippen LogP contribution in [-0.2, 0) is 11.3 Å². The zero-order valence-corrected chi connectivity index (χ0v) is 12.7. The van der Waals surface area contributed by atoms with Crippen molar-refractivity contribution in [2.24, 2.45) is 5.92 Å². The van der Waals surface area contributed by atoms with Crippen LogP contribution in [-0.4, -0.2) is 43.5 Å². The van der Waals surface area contributed by atoms with Gasteiger partial charge in [-0.2, -0.15) is 5.10 Å². The molecule has 0 aliphatic rings. The van der Waals surface area contributed by atoms with E-state index in [1.54, 1.807) is 7.11 Å². The van der Waals surface area contributed by atoms with Crippen molar-refractivity contribution in [3.05, 3.63) is 17.8 Å². The highest BCUT2D eigenvalue weighted by Gasteiger charge is 2.11. The van der Waals surface area contributed by atoms with E-state index in [1.807, 2.05) is 19.2 Å². The van der Waals surface area contributed by atoms with Gasteiger partial charge in [-0.05, 0) is 31.5 Å². The molecule has 0 saturated heterocycles. The molecule has 1 unspecified atom stereocenters. The summed E-state index contributed by atoms with van der Waals surface area (Å²) in [4.78, 5) is 2.07. The highest BCUT2D eigenvalue weighted by molar-refractivity contribution is 5.37. The largest absolute Gasteiger partial charge is 0.383 e. The predicted molar refractivity (Wildman–Crippen MR) is 78.3 cm³/mol. The van der Waals surface area contributed by atoms with E-state index in [-0.39, 0.29) is 6.04 Å². The second kappa shape index (κ2) is 8.07. The Morgan fingerprint density at radius 3 is 2.53 bits per heavy atom. The standard InChI is InChI=1S/C14H26N4O/c1-11(2)8-15-9-13-6-7-14(17-16-13)18(4)12(3)10-19-5/h6-7,11-12,15H,8-10H2,1-5H3. The second-order valence-corrected chi connectivity index (χ2v) is 5.32. The monoisotopic (exact) mass is 266 g/mol. The van der Waals surface area contributed by atoms with Crippen LogP contribution in [0, 0.1) is 5.92 Å². The quantitative estimate of drug-likeness (QED) is 0.776. The van der Waals surface area contributed by atoms with Gasteiger partial charge < -0.3 is 15.0 Å². The van der Waals surface area contributed by atoms with Crippen molar-refractivity contribution in [2.75, 3.05) is 32.2 Å². The summed E-state index contributed by atoms with van der Waals surface area (Å²) in [5.74, 6) is 1.52. The number of anilines is 1. The molecule has 1 N–H and O–H groups in total. The number of aromatic nitrogens is 2. The fourth-order valence-electron chi connectivity index (χ4n) is 1.70. The molecule has 108 valence electrons. The lowest BCUT2D eigenvalue weighted by Gasteiger charge is -2.24. The number of ether oxygens (including phenoxy) is 1. The normalized spacial score (nSPS) is 12.7. The highest BCUT2D eigenvalue weighted by atomic mass is 16.5. The molecule has 0 saturated carbocycles. The van der Waals surface area contributed by atoms with Crippen LogP contribution in [0.4, 0.5) is 5.82 Å². The summed E-state index contributed by atoms with van der Waals surface area (Å²) in [5.41, 5.74) is 0.970. The van der Waals surface area contributed by atoms with Gasteiger partial charge in [0.2, 0.25) is 0 Å². The maximum absolute atomic E-state index is 5.15. The summed E-state index contributed by atoms with van der Waals surface area (Å²) >= 11 is 0. The van der Waals surface area contributed by atoms with Crippen molar-refractivity contribution in [3.63, 3.8) is 0 Å². The molecule has 0 radical (unpaired) electrons. The number of rotatable bonds is 8. The average molecular weight is 266 g/mol. The Bertz CT molecular complexity index is 353. The molecule has 0 aliphatic heterocycles. The Morgan fingerprint density at radius 1 is 1.26 bits per heavy atom. The van der Waals surface area contributed by atoms with Gasteiger partial charge in [0.25, 0.3) is 0 Å². The first-order chi connectivity index (χ1) is 9.04. The van der Waals surface area contributed by atoms with Crippen molar-refractivity contribution in [1.82, 2.24) is 15.5 Å². The molecule has 1 heterocycles. The minimum absolute atomic E-state index is 0.282. The van der Waals surface area contributed by atoms with Crippen LogP contribution in [0.3, 0.4) is 0 Å². The first-order valence-electron chi connectivity index (χ1n) is 6.79. The molecule has 1 aromatic heterocycles. The molecule has 0 amide bonds. The Labute approximate surface area is 116 Å². The van der Waals surface area contributed by atoms with Gasteiger partial charge in [0, 0.05) is 20.7 Å². The molecular formula is C14H26N4O.